The largest absolute Gasteiger partial charge is 0.384 e. The maximum Gasteiger partial charge on any atom is 0.254 e. The van der Waals surface area contributed by atoms with Gasteiger partial charge < -0.3 is 15.3 Å². The van der Waals surface area contributed by atoms with Crippen LogP contribution in [-0.4, -0.2) is 48.7 Å². The minimum atomic E-state index is -0.566. The van der Waals surface area contributed by atoms with Crippen LogP contribution in [0.1, 0.15) is 28.8 Å². The number of hydrogen-bond donors (Lipinski definition) is 2. The number of likely N-dealkylation sites (tertiary alicyclic amines) is 1. The van der Waals surface area contributed by atoms with Crippen molar-refractivity contribution in [2.75, 3.05) is 32.8 Å². The lowest BCUT2D eigenvalue weighted by atomic mass is 10.1. The molecule has 1 saturated heterocycles. The quantitative estimate of drug-likeness (QED) is 0.813. The predicted octanol–water partition coefficient (Wildman–Crippen LogP) is 0.995. The topological polar surface area (TPSA) is 52.6 Å². The molecular weight excluding hydrogens is 271 g/mol. The third-order valence-electron chi connectivity index (χ3n) is 3.44. The fourth-order valence-electron chi connectivity index (χ4n) is 2.35. The molecule has 1 aromatic rings. The third-order valence-corrected chi connectivity index (χ3v) is 3.44. The molecule has 2 N–H and O–H groups in total. The second-order valence-corrected chi connectivity index (χ2v) is 4.96. The van der Waals surface area contributed by atoms with Gasteiger partial charge in [0.25, 0.3) is 5.91 Å². The number of aliphatic hydroxyl groups excluding tert-OH is 1. The highest BCUT2D eigenvalue weighted by Crippen LogP contribution is 2.10. The summed E-state index contributed by atoms with van der Waals surface area (Å²) in [4.78, 5) is 14.3. The van der Waals surface area contributed by atoms with Gasteiger partial charge in [-0.15, -0.1) is 0 Å². The van der Waals surface area contributed by atoms with Crippen LogP contribution in [0.25, 0.3) is 0 Å². The fraction of sp³-hybridized carbons (Fsp3) is 0.438. The molecule has 0 spiro atoms. The summed E-state index contributed by atoms with van der Waals surface area (Å²) in [6.07, 6.45) is 2.41. The van der Waals surface area contributed by atoms with E-state index in [1.165, 1.54) is 31.0 Å². The molecule has 1 amide bonds. The van der Waals surface area contributed by atoms with Gasteiger partial charge in [-0.2, -0.15) is 0 Å². The Morgan fingerprint density at radius 3 is 2.86 bits per heavy atom. The third kappa shape index (κ3) is 4.55. The molecule has 4 nitrogen and oxygen atoms in total. The second-order valence-electron chi connectivity index (χ2n) is 4.96. The van der Waals surface area contributed by atoms with E-state index >= 15 is 0 Å². The molecule has 0 bridgehead atoms. The molecule has 0 radical (unpaired) electrons. The maximum atomic E-state index is 13.7. The molecule has 1 aliphatic rings. The number of hydrogen-bond acceptors (Lipinski definition) is 3. The van der Waals surface area contributed by atoms with Crippen LogP contribution >= 0.6 is 0 Å². The van der Waals surface area contributed by atoms with Gasteiger partial charge in [0.15, 0.2) is 0 Å². The number of amides is 1. The molecule has 1 aromatic carbocycles. The van der Waals surface area contributed by atoms with Crippen molar-refractivity contribution < 1.29 is 14.3 Å². The number of nitrogens with zero attached hydrogens (tertiary/aromatic N) is 1. The molecule has 0 atom stereocenters. The average molecular weight is 290 g/mol. The van der Waals surface area contributed by atoms with Crippen molar-refractivity contribution in [1.82, 2.24) is 10.2 Å². The van der Waals surface area contributed by atoms with Gasteiger partial charge in [0, 0.05) is 18.7 Å². The summed E-state index contributed by atoms with van der Waals surface area (Å²) >= 11 is 0. The van der Waals surface area contributed by atoms with Crippen LogP contribution in [0.4, 0.5) is 4.39 Å². The molecule has 0 saturated carbocycles. The van der Waals surface area contributed by atoms with E-state index in [1.54, 1.807) is 0 Å². The molecule has 5 heteroatoms. The van der Waals surface area contributed by atoms with Crippen LogP contribution in [0.2, 0.25) is 0 Å². The highest BCUT2D eigenvalue weighted by atomic mass is 19.1. The molecule has 2 rings (SSSR count). The van der Waals surface area contributed by atoms with Crippen molar-refractivity contribution in [2.24, 2.45) is 0 Å². The second kappa shape index (κ2) is 7.77. The summed E-state index contributed by atoms with van der Waals surface area (Å²) < 4.78 is 13.7. The number of nitrogens with one attached hydrogen (secondary N) is 1. The van der Waals surface area contributed by atoms with Crippen molar-refractivity contribution >= 4 is 5.91 Å². The number of aliphatic hydroxyl groups is 1. The van der Waals surface area contributed by atoms with E-state index in [2.05, 4.69) is 22.1 Å². The molecular formula is C16H19FN2O2. The van der Waals surface area contributed by atoms with Crippen molar-refractivity contribution in [3.63, 3.8) is 0 Å². The van der Waals surface area contributed by atoms with E-state index < -0.39 is 11.7 Å². The summed E-state index contributed by atoms with van der Waals surface area (Å²) in [5.74, 6) is 4.14. The zero-order valence-corrected chi connectivity index (χ0v) is 11.9. The first-order chi connectivity index (χ1) is 10.2. The Balaban J connectivity index is 1.94. The summed E-state index contributed by atoms with van der Waals surface area (Å²) in [5.41, 5.74) is 0.497. The van der Waals surface area contributed by atoms with Crippen molar-refractivity contribution in [2.45, 2.75) is 12.8 Å². The predicted molar refractivity (Wildman–Crippen MR) is 78.4 cm³/mol. The number of benzene rings is 1. The van der Waals surface area contributed by atoms with Gasteiger partial charge in [-0.05, 0) is 44.1 Å². The normalized spacial score (nSPS) is 14.6. The monoisotopic (exact) mass is 290 g/mol. The Morgan fingerprint density at radius 1 is 1.38 bits per heavy atom. The van der Waals surface area contributed by atoms with Crippen LogP contribution in [0.15, 0.2) is 18.2 Å². The zero-order chi connectivity index (χ0) is 15.1. The Morgan fingerprint density at radius 2 is 2.14 bits per heavy atom. The van der Waals surface area contributed by atoms with E-state index in [-0.39, 0.29) is 12.2 Å². The number of carbonyl (C=O) groups is 1. The molecule has 1 aliphatic heterocycles. The van der Waals surface area contributed by atoms with Gasteiger partial charge in [0.05, 0.1) is 5.56 Å². The van der Waals surface area contributed by atoms with Crippen LogP contribution in [0.3, 0.4) is 0 Å². The van der Waals surface area contributed by atoms with Gasteiger partial charge in [0.2, 0.25) is 0 Å². The lowest BCUT2D eigenvalue weighted by Gasteiger charge is -2.14. The lowest BCUT2D eigenvalue weighted by molar-refractivity contribution is 0.0945. The Hall–Kier alpha value is -1.90. The summed E-state index contributed by atoms with van der Waals surface area (Å²) in [5, 5.41) is 11.4. The number of halogens is 1. The molecule has 0 unspecified atom stereocenters. The highest BCUT2D eigenvalue weighted by molar-refractivity contribution is 5.94. The molecule has 21 heavy (non-hydrogen) atoms. The van der Waals surface area contributed by atoms with E-state index in [9.17, 15) is 9.18 Å². The molecule has 1 heterocycles. The molecule has 1 fully saturated rings. The first kappa shape index (κ1) is 15.5. The first-order valence-corrected chi connectivity index (χ1v) is 7.10. The smallest absolute Gasteiger partial charge is 0.254 e. The highest BCUT2D eigenvalue weighted by Gasteiger charge is 2.14. The fourth-order valence-corrected chi connectivity index (χ4v) is 2.35. The lowest BCUT2D eigenvalue weighted by Crippen LogP contribution is -2.33. The number of carbonyl (C=O) groups excluding carboxylic acids is 1. The zero-order valence-electron chi connectivity index (χ0n) is 11.9. The van der Waals surface area contributed by atoms with Gasteiger partial charge in [0.1, 0.15) is 12.4 Å². The van der Waals surface area contributed by atoms with Crippen molar-refractivity contribution in [3.05, 3.63) is 35.1 Å². The SMILES string of the molecule is O=C(NCCN1CCCC1)c1cc(C#CCO)ccc1F. The molecule has 112 valence electrons. The van der Waals surface area contributed by atoms with Crippen LogP contribution < -0.4 is 5.32 Å². The minimum absolute atomic E-state index is 0.0128. The average Bonchev–Trinajstić information content (AvgIpc) is 2.99. The summed E-state index contributed by atoms with van der Waals surface area (Å²) in [6, 6.07) is 4.11. The van der Waals surface area contributed by atoms with Crippen LogP contribution in [0, 0.1) is 17.7 Å². The van der Waals surface area contributed by atoms with E-state index in [0.717, 1.165) is 19.6 Å². The standard InChI is InChI=1S/C16H19FN2O2/c17-15-6-5-13(4-3-11-20)12-14(15)16(21)18-7-10-19-8-1-2-9-19/h5-6,12,20H,1-2,7-11H2,(H,18,21). The minimum Gasteiger partial charge on any atom is -0.384 e. The van der Waals surface area contributed by atoms with Crippen LogP contribution in [-0.2, 0) is 0 Å². The molecule has 0 aliphatic carbocycles. The van der Waals surface area contributed by atoms with Gasteiger partial charge in [-0.25, -0.2) is 4.39 Å². The Labute approximate surface area is 124 Å². The number of rotatable bonds is 4. The maximum absolute atomic E-state index is 13.7. The van der Waals surface area contributed by atoms with Gasteiger partial charge in [-0.1, -0.05) is 11.8 Å². The summed E-state index contributed by atoms with van der Waals surface area (Å²) in [7, 11) is 0. The van der Waals surface area contributed by atoms with E-state index in [4.69, 9.17) is 5.11 Å². The van der Waals surface area contributed by atoms with E-state index in [1.807, 2.05) is 0 Å². The summed E-state index contributed by atoms with van der Waals surface area (Å²) in [6.45, 7) is 3.16. The first-order valence-electron chi connectivity index (χ1n) is 7.10. The van der Waals surface area contributed by atoms with Crippen LogP contribution in [0.5, 0.6) is 0 Å². The Bertz CT molecular complexity index is 557. The van der Waals surface area contributed by atoms with Gasteiger partial charge in [-0.3, -0.25) is 4.79 Å². The van der Waals surface area contributed by atoms with E-state index in [0.29, 0.717) is 12.1 Å². The van der Waals surface area contributed by atoms with Crippen molar-refractivity contribution in [1.29, 1.82) is 0 Å². The Kier molecular flexibility index (Phi) is 5.73. The molecule has 0 aromatic heterocycles. The van der Waals surface area contributed by atoms with Crippen molar-refractivity contribution in [3.8, 4) is 11.8 Å². The van der Waals surface area contributed by atoms with Gasteiger partial charge >= 0.3 is 0 Å².